The zero-order valence-corrected chi connectivity index (χ0v) is 14.9. The number of phenolic OH excluding ortho intramolecular Hbond substituents is 1. The minimum absolute atomic E-state index is 0.177. The third-order valence-electron chi connectivity index (χ3n) is 5.44. The minimum Gasteiger partial charge on any atom is -0.507 e. The van der Waals surface area contributed by atoms with E-state index in [4.69, 9.17) is 0 Å². The lowest BCUT2D eigenvalue weighted by Crippen LogP contribution is -2.34. The normalized spacial score (nSPS) is 23.0. The summed E-state index contributed by atoms with van der Waals surface area (Å²) in [5.41, 5.74) is 4.52. The second-order valence-electron chi connectivity index (χ2n) is 7.35. The van der Waals surface area contributed by atoms with Crippen molar-refractivity contribution in [1.82, 2.24) is 24.8 Å². The van der Waals surface area contributed by atoms with Crippen LogP contribution in [-0.2, 0) is 0 Å². The fourth-order valence-corrected chi connectivity index (χ4v) is 4.13. The second-order valence-corrected chi connectivity index (χ2v) is 7.35. The number of aromatic nitrogens is 4. The van der Waals surface area contributed by atoms with Gasteiger partial charge in [0.05, 0.1) is 35.8 Å². The Balaban J connectivity index is 1.37. The smallest absolute Gasteiger partial charge is 0.127 e. The number of hydrogen-bond acceptors (Lipinski definition) is 5. The lowest BCUT2D eigenvalue weighted by Gasteiger charge is -2.23. The molecule has 3 aromatic rings. The van der Waals surface area contributed by atoms with E-state index in [-0.39, 0.29) is 5.75 Å². The number of piperidine rings is 1. The van der Waals surface area contributed by atoms with E-state index >= 15 is 0 Å². The first-order valence-electron chi connectivity index (χ1n) is 9.34. The van der Waals surface area contributed by atoms with Crippen molar-refractivity contribution in [3.05, 3.63) is 60.6 Å². The molecule has 0 amide bonds. The third-order valence-corrected chi connectivity index (χ3v) is 5.44. The fraction of sp³-hybridized carbons (Fsp3) is 0.286. The van der Waals surface area contributed by atoms with Gasteiger partial charge in [-0.3, -0.25) is 9.97 Å². The van der Waals surface area contributed by atoms with Gasteiger partial charge in [0.2, 0.25) is 0 Å². The molecule has 0 radical (unpaired) electrons. The molecule has 2 aliphatic rings. The van der Waals surface area contributed by atoms with E-state index in [0.29, 0.717) is 23.3 Å². The molecule has 2 fully saturated rings. The van der Waals surface area contributed by atoms with Crippen molar-refractivity contribution >= 4 is 6.08 Å². The molecular weight excluding hydrogens is 338 g/mol. The summed E-state index contributed by atoms with van der Waals surface area (Å²) in [5.74, 6) is 0.177. The molecule has 0 spiro atoms. The van der Waals surface area contributed by atoms with Crippen LogP contribution in [0.25, 0.3) is 23.0 Å². The summed E-state index contributed by atoms with van der Waals surface area (Å²) in [6.07, 6.45) is 15.7. The van der Waals surface area contributed by atoms with Gasteiger partial charge in [0.1, 0.15) is 5.75 Å². The average molecular weight is 359 g/mol. The van der Waals surface area contributed by atoms with Gasteiger partial charge in [-0.2, -0.15) is 0 Å². The lowest BCUT2D eigenvalue weighted by atomic mass is 9.98. The molecule has 4 heterocycles. The highest BCUT2D eigenvalue weighted by molar-refractivity contribution is 5.68. The van der Waals surface area contributed by atoms with Crippen LogP contribution in [0, 0.1) is 0 Å². The van der Waals surface area contributed by atoms with Crippen LogP contribution in [-0.4, -0.2) is 36.7 Å². The predicted molar refractivity (Wildman–Crippen MR) is 103 cm³/mol. The molecule has 0 aliphatic carbocycles. The predicted octanol–water partition coefficient (Wildman–Crippen LogP) is 3.33. The molecule has 6 heteroatoms. The van der Waals surface area contributed by atoms with Crippen LogP contribution in [0.1, 0.15) is 31.4 Å². The highest BCUT2D eigenvalue weighted by Gasteiger charge is 2.30. The van der Waals surface area contributed by atoms with Gasteiger partial charge in [0, 0.05) is 36.1 Å². The molecule has 2 aromatic heterocycles. The number of rotatable bonds is 3. The molecule has 0 saturated carbocycles. The van der Waals surface area contributed by atoms with Crippen LogP contribution in [0.3, 0.4) is 0 Å². The molecule has 0 unspecified atom stereocenters. The quantitative estimate of drug-likeness (QED) is 0.750. The third kappa shape index (κ3) is 3.24. The molecule has 27 heavy (non-hydrogen) atoms. The van der Waals surface area contributed by atoms with Crippen molar-refractivity contribution in [3.63, 3.8) is 0 Å². The highest BCUT2D eigenvalue weighted by Crippen LogP contribution is 2.32. The number of benzene rings is 1. The number of fused-ring (bicyclic) bond motifs is 2. The highest BCUT2D eigenvalue weighted by atomic mass is 16.3. The van der Waals surface area contributed by atoms with Crippen LogP contribution in [0.5, 0.6) is 5.75 Å². The summed E-state index contributed by atoms with van der Waals surface area (Å²) in [4.78, 5) is 13.1. The molecular formula is C21H21N5O. The Labute approximate surface area is 157 Å². The van der Waals surface area contributed by atoms with Crippen molar-refractivity contribution in [1.29, 1.82) is 0 Å². The monoisotopic (exact) mass is 359 g/mol. The SMILES string of the molecule is Oc1cc(-n2ccnc2)ccc1-c1cnc(/C=C2/C[C@H]3CC[C@@H](C2)N3)cn1. The van der Waals surface area contributed by atoms with Gasteiger partial charge in [-0.05, 0) is 43.9 Å². The van der Waals surface area contributed by atoms with Crippen molar-refractivity contribution in [2.24, 2.45) is 0 Å². The topological polar surface area (TPSA) is 75.9 Å². The fourth-order valence-electron chi connectivity index (χ4n) is 4.13. The maximum Gasteiger partial charge on any atom is 0.127 e. The number of hydrogen-bond donors (Lipinski definition) is 2. The van der Waals surface area contributed by atoms with E-state index in [2.05, 4.69) is 26.3 Å². The first-order valence-corrected chi connectivity index (χ1v) is 9.34. The van der Waals surface area contributed by atoms with Crippen molar-refractivity contribution in [2.45, 2.75) is 37.8 Å². The molecule has 1 aromatic carbocycles. The Hall–Kier alpha value is -2.99. The summed E-state index contributed by atoms with van der Waals surface area (Å²) in [6, 6.07) is 6.76. The summed E-state index contributed by atoms with van der Waals surface area (Å²) in [6.45, 7) is 0. The summed E-state index contributed by atoms with van der Waals surface area (Å²) in [5, 5.41) is 14.1. The van der Waals surface area contributed by atoms with E-state index in [1.165, 1.54) is 18.4 Å². The molecule has 2 N–H and O–H groups in total. The first kappa shape index (κ1) is 16.2. The van der Waals surface area contributed by atoms with E-state index in [1.54, 1.807) is 31.0 Å². The molecule has 6 nitrogen and oxygen atoms in total. The Morgan fingerprint density at radius 3 is 2.63 bits per heavy atom. The van der Waals surface area contributed by atoms with Gasteiger partial charge in [-0.1, -0.05) is 5.57 Å². The van der Waals surface area contributed by atoms with Crippen molar-refractivity contribution in [2.75, 3.05) is 0 Å². The zero-order chi connectivity index (χ0) is 18.2. The molecule has 5 rings (SSSR count). The van der Waals surface area contributed by atoms with Gasteiger partial charge in [0.15, 0.2) is 0 Å². The molecule has 2 atom stereocenters. The van der Waals surface area contributed by atoms with Crippen LogP contribution in [0.2, 0.25) is 0 Å². The summed E-state index contributed by atoms with van der Waals surface area (Å²) in [7, 11) is 0. The molecule has 2 saturated heterocycles. The summed E-state index contributed by atoms with van der Waals surface area (Å²) < 4.78 is 1.84. The maximum absolute atomic E-state index is 10.4. The average Bonchev–Trinajstić information content (AvgIpc) is 3.32. The largest absolute Gasteiger partial charge is 0.507 e. The van der Waals surface area contributed by atoms with Crippen molar-refractivity contribution < 1.29 is 5.11 Å². The van der Waals surface area contributed by atoms with Gasteiger partial charge < -0.3 is 15.0 Å². The van der Waals surface area contributed by atoms with Crippen molar-refractivity contribution in [3.8, 4) is 22.7 Å². The van der Waals surface area contributed by atoms with Gasteiger partial charge in [0.25, 0.3) is 0 Å². The van der Waals surface area contributed by atoms with Gasteiger partial charge in [-0.15, -0.1) is 0 Å². The zero-order valence-electron chi connectivity index (χ0n) is 14.9. The molecule has 2 bridgehead atoms. The lowest BCUT2D eigenvalue weighted by molar-refractivity contribution is 0.476. The number of nitrogens with one attached hydrogen (secondary N) is 1. The molecule has 2 aliphatic heterocycles. The second kappa shape index (κ2) is 6.63. The standard InChI is InChI=1S/C21H21N5O/c27-21-10-18(26-6-5-22-13-26)3-4-19(21)20-12-23-17(11-24-20)9-14-7-15-1-2-16(8-14)25-15/h3-6,9-13,15-16,25,27H,1-2,7-8H2/b14-9-/t15-,16+/m1/s1. The van der Waals surface area contributed by atoms with E-state index in [9.17, 15) is 5.11 Å². The Kier molecular flexibility index (Phi) is 3.98. The van der Waals surface area contributed by atoms with Gasteiger partial charge >= 0.3 is 0 Å². The minimum atomic E-state index is 0.177. The van der Waals surface area contributed by atoms with E-state index in [1.807, 2.05) is 22.9 Å². The number of imidazole rings is 1. The van der Waals surface area contributed by atoms with E-state index in [0.717, 1.165) is 24.2 Å². The van der Waals surface area contributed by atoms with E-state index < -0.39 is 0 Å². The van der Waals surface area contributed by atoms with Crippen LogP contribution in [0.15, 0.2) is 54.9 Å². The van der Waals surface area contributed by atoms with Crippen LogP contribution in [0.4, 0.5) is 0 Å². The Morgan fingerprint density at radius 1 is 1.11 bits per heavy atom. The number of nitrogens with zero attached hydrogens (tertiary/aromatic N) is 4. The number of aromatic hydroxyl groups is 1. The summed E-state index contributed by atoms with van der Waals surface area (Å²) >= 11 is 0. The first-order chi connectivity index (χ1) is 13.2. The Bertz CT molecular complexity index is 964. The van der Waals surface area contributed by atoms with Crippen LogP contribution >= 0.6 is 0 Å². The number of phenols is 1. The van der Waals surface area contributed by atoms with Gasteiger partial charge in [-0.25, -0.2) is 4.98 Å². The maximum atomic E-state index is 10.4. The molecule has 136 valence electrons. The van der Waals surface area contributed by atoms with Crippen LogP contribution < -0.4 is 5.32 Å². The Morgan fingerprint density at radius 2 is 1.96 bits per heavy atom.